The Morgan fingerprint density at radius 3 is 2.78 bits per heavy atom. The van der Waals surface area contributed by atoms with E-state index in [9.17, 15) is 4.79 Å². The molecule has 0 bridgehead atoms. The molecule has 1 aliphatic rings. The second-order valence-electron chi connectivity index (χ2n) is 2.57. The number of carbonyl (C=O) groups excluding carboxylic acids is 1. The van der Waals surface area contributed by atoms with E-state index in [1.54, 1.807) is 0 Å². The number of hydrogen-bond acceptors (Lipinski definition) is 1. The Kier molecular flexibility index (Phi) is 1.56. The Hall–Kier alpha value is -0.790. The van der Waals surface area contributed by atoms with Crippen LogP contribution in [0.25, 0.3) is 0 Å². The van der Waals surface area contributed by atoms with Crippen molar-refractivity contribution in [2.45, 2.75) is 19.8 Å². The van der Waals surface area contributed by atoms with Gasteiger partial charge in [0.15, 0.2) is 0 Å². The van der Waals surface area contributed by atoms with Crippen LogP contribution >= 0.6 is 0 Å². The van der Waals surface area contributed by atoms with Gasteiger partial charge >= 0.3 is 0 Å². The average molecular weight is 125 g/mol. The van der Waals surface area contributed by atoms with Crippen molar-refractivity contribution in [2.75, 3.05) is 0 Å². The van der Waals surface area contributed by atoms with Crippen LogP contribution in [0.4, 0.5) is 0 Å². The van der Waals surface area contributed by atoms with Gasteiger partial charge in [-0.1, -0.05) is 13.0 Å². The highest BCUT2D eigenvalue weighted by Gasteiger charge is 2.14. The van der Waals surface area contributed by atoms with Gasteiger partial charge in [-0.05, 0) is 18.8 Å². The van der Waals surface area contributed by atoms with E-state index >= 15 is 0 Å². The minimum Gasteiger partial charge on any atom is -0.366 e. The third kappa shape index (κ3) is 1.31. The van der Waals surface area contributed by atoms with Crippen LogP contribution in [0.3, 0.4) is 0 Å². The molecule has 2 nitrogen and oxygen atoms in total. The molecule has 9 heavy (non-hydrogen) atoms. The number of allylic oxidation sites excluding steroid dienone is 1. The lowest BCUT2D eigenvalue weighted by Crippen LogP contribution is -2.11. The third-order valence-electron chi connectivity index (χ3n) is 1.67. The maximum Gasteiger partial charge on any atom is 0.244 e. The molecular formula is C7H11NO. The van der Waals surface area contributed by atoms with Gasteiger partial charge in [-0.3, -0.25) is 4.79 Å². The molecule has 0 heterocycles. The predicted molar refractivity (Wildman–Crippen MR) is 35.7 cm³/mol. The summed E-state index contributed by atoms with van der Waals surface area (Å²) in [7, 11) is 0. The Morgan fingerprint density at radius 2 is 2.56 bits per heavy atom. The van der Waals surface area contributed by atoms with E-state index in [4.69, 9.17) is 5.73 Å². The molecule has 1 aliphatic carbocycles. The van der Waals surface area contributed by atoms with Crippen LogP contribution in [0.1, 0.15) is 19.8 Å². The zero-order chi connectivity index (χ0) is 6.85. The van der Waals surface area contributed by atoms with Gasteiger partial charge in [0, 0.05) is 5.57 Å². The first-order chi connectivity index (χ1) is 4.20. The molecule has 0 aromatic rings. The summed E-state index contributed by atoms with van der Waals surface area (Å²) in [6.07, 6.45) is 3.91. The molecule has 1 rings (SSSR count). The topological polar surface area (TPSA) is 43.1 Å². The summed E-state index contributed by atoms with van der Waals surface area (Å²) in [4.78, 5) is 10.5. The van der Waals surface area contributed by atoms with Crippen molar-refractivity contribution in [3.8, 4) is 0 Å². The van der Waals surface area contributed by atoms with Crippen molar-refractivity contribution in [1.82, 2.24) is 0 Å². The SMILES string of the molecule is CC1C=C(C(N)=O)CC1. The maximum absolute atomic E-state index is 10.5. The fourth-order valence-electron chi connectivity index (χ4n) is 1.10. The predicted octanol–water partition coefficient (Wildman–Crippen LogP) is 0.828. The summed E-state index contributed by atoms with van der Waals surface area (Å²) >= 11 is 0. The molecular weight excluding hydrogens is 114 g/mol. The molecule has 0 aromatic heterocycles. The largest absolute Gasteiger partial charge is 0.366 e. The van der Waals surface area contributed by atoms with Gasteiger partial charge in [0.05, 0.1) is 0 Å². The summed E-state index contributed by atoms with van der Waals surface area (Å²) < 4.78 is 0. The van der Waals surface area contributed by atoms with E-state index in [-0.39, 0.29) is 5.91 Å². The summed E-state index contributed by atoms with van der Waals surface area (Å²) in [5.41, 5.74) is 5.86. The van der Waals surface area contributed by atoms with Crippen molar-refractivity contribution in [2.24, 2.45) is 11.7 Å². The van der Waals surface area contributed by atoms with Crippen LogP contribution in [0.15, 0.2) is 11.6 Å². The number of carbonyl (C=O) groups is 1. The molecule has 0 saturated heterocycles. The van der Waals surface area contributed by atoms with E-state index in [2.05, 4.69) is 6.92 Å². The van der Waals surface area contributed by atoms with Crippen LogP contribution in [0, 0.1) is 5.92 Å². The highest BCUT2D eigenvalue weighted by atomic mass is 16.1. The van der Waals surface area contributed by atoms with Crippen molar-refractivity contribution >= 4 is 5.91 Å². The Balaban J connectivity index is 2.62. The van der Waals surface area contributed by atoms with Crippen molar-refractivity contribution < 1.29 is 4.79 Å². The smallest absolute Gasteiger partial charge is 0.244 e. The quantitative estimate of drug-likeness (QED) is 0.554. The molecule has 0 aromatic carbocycles. The second-order valence-corrected chi connectivity index (χ2v) is 2.57. The molecule has 50 valence electrons. The molecule has 0 radical (unpaired) electrons. The molecule has 0 aliphatic heterocycles. The second kappa shape index (κ2) is 2.21. The lowest BCUT2D eigenvalue weighted by atomic mass is 10.2. The van der Waals surface area contributed by atoms with Gasteiger partial charge in [0.25, 0.3) is 0 Å². The van der Waals surface area contributed by atoms with E-state index in [0.717, 1.165) is 18.4 Å². The number of nitrogens with two attached hydrogens (primary N) is 1. The summed E-state index contributed by atoms with van der Waals surface area (Å²) in [6, 6.07) is 0. The molecule has 1 atom stereocenters. The Bertz CT molecular complexity index is 160. The fourth-order valence-corrected chi connectivity index (χ4v) is 1.10. The van der Waals surface area contributed by atoms with Gasteiger partial charge in [-0.2, -0.15) is 0 Å². The molecule has 0 fully saturated rings. The standard InChI is InChI=1S/C7H11NO/c1-5-2-3-6(4-5)7(8)9/h4-5H,2-3H2,1H3,(H2,8,9). The molecule has 1 unspecified atom stereocenters. The molecule has 2 heteroatoms. The van der Waals surface area contributed by atoms with Gasteiger partial charge in [-0.15, -0.1) is 0 Å². The van der Waals surface area contributed by atoms with Gasteiger partial charge in [-0.25, -0.2) is 0 Å². The summed E-state index contributed by atoms with van der Waals surface area (Å²) in [5.74, 6) is 0.298. The van der Waals surface area contributed by atoms with Crippen LogP contribution in [-0.2, 0) is 4.79 Å². The maximum atomic E-state index is 10.5. The minimum absolute atomic E-state index is 0.251. The number of amides is 1. The summed E-state index contributed by atoms with van der Waals surface area (Å²) in [6.45, 7) is 2.09. The molecule has 0 saturated carbocycles. The Labute approximate surface area is 54.7 Å². The molecule has 1 amide bonds. The van der Waals surface area contributed by atoms with Crippen LogP contribution < -0.4 is 5.73 Å². The highest BCUT2D eigenvalue weighted by molar-refractivity contribution is 5.92. The van der Waals surface area contributed by atoms with Crippen molar-refractivity contribution in [1.29, 1.82) is 0 Å². The number of rotatable bonds is 1. The highest BCUT2D eigenvalue weighted by Crippen LogP contribution is 2.22. The zero-order valence-electron chi connectivity index (χ0n) is 5.55. The van der Waals surface area contributed by atoms with Gasteiger partial charge in [0.2, 0.25) is 5.91 Å². The lowest BCUT2D eigenvalue weighted by Gasteiger charge is -1.89. The first-order valence-electron chi connectivity index (χ1n) is 3.20. The first kappa shape index (κ1) is 6.33. The fraction of sp³-hybridized carbons (Fsp3) is 0.571. The lowest BCUT2D eigenvalue weighted by molar-refractivity contribution is -0.114. The van der Waals surface area contributed by atoms with Crippen LogP contribution in [0.5, 0.6) is 0 Å². The van der Waals surface area contributed by atoms with E-state index < -0.39 is 0 Å². The number of hydrogen-bond donors (Lipinski definition) is 1. The normalized spacial score (nSPS) is 25.9. The van der Waals surface area contributed by atoms with Gasteiger partial charge in [0.1, 0.15) is 0 Å². The molecule has 0 spiro atoms. The minimum atomic E-state index is -0.251. The van der Waals surface area contributed by atoms with Crippen molar-refractivity contribution in [3.63, 3.8) is 0 Å². The van der Waals surface area contributed by atoms with E-state index in [1.807, 2.05) is 6.08 Å². The Morgan fingerprint density at radius 1 is 1.89 bits per heavy atom. The monoisotopic (exact) mass is 125 g/mol. The average Bonchev–Trinajstić information content (AvgIpc) is 2.14. The van der Waals surface area contributed by atoms with Gasteiger partial charge < -0.3 is 5.73 Å². The van der Waals surface area contributed by atoms with Crippen LogP contribution in [0.2, 0.25) is 0 Å². The summed E-state index contributed by atoms with van der Waals surface area (Å²) in [5, 5.41) is 0. The first-order valence-corrected chi connectivity index (χ1v) is 3.20. The zero-order valence-corrected chi connectivity index (χ0v) is 5.55. The van der Waals surface area contributed by atoms with E-state index in [1.165, 1.54) is 0 Å². The van der Waals surface area contributed by atoms with E-state index in [0.29, 0.717) is 5.92 Å². The van der Waals surface area contributed by atoms with Crippen LogP contribution in [-0.4, -0.2) is 5.91 Å². The van der Waals surface area contributed by atoms with Crippen molar-refractivity contribution in [3.05, 3.63) is 11.6 Å². The third-order valence-corrected chi connectivity index (χ3v) is 1.67. The number of primary amides is 1. The molecule has 2 N–H and O–H groups in total.